The molecule has 0 radical (unpaired) electrons. The lowest BCUT2D eigenvalue weighted by atomic mass is 9.84. The van der Waals surface area contributed by atoms with Gasteiger partial charge < -0.3 is 11.1 Å². The molecule has 1 aromatic carbocycles. The van der Waals surface area contributed by atoms with Gasteiger partial charge in [-0.2, -0.15) is 4.39 Å². The Morgan fingerprint density at radius 1 is 1.40 bits per heavy atom. The van der Waals surface area contributed by atoms with Crippen molar-refractivity contribution in [1.82, 2.24) is 0 Å². The Labute approximate surface area is 117 Å². The van der Waals surface area contributed by atoms with Gasteiger partial charge in [0.2, 0.25) is 5.82 Å². The van der Waals surface area contributed by atoms with Gasteiger partial charge in [0.15, 0.2) is 0 Å². The molecule has 0 aliphatic heterocycles. The molecule has 2 rings (SSSR count). The third-order valence-corrected chi connectivity index (χ3v) is 3.98. The van der Waals surface area contributed by atoms with Crippen molar-refractivity contribution in [2.75, 3.05) is 11.9 Å². The van der Waals surface area contributed by atoms with Gasteiger partial charge in [0.25, 0.3) is 0 Å². The summed E-state index contributed by atoms with van der Waals surface area (Å²) in [6.45, 7) is 0.387. The summed E-state index contributed by atoms with van der Waals surface area (Å²) in [4.78, 5) is 10.3. The first-order valence-corrected chi connectivity index (χ1v) is 7.03. The maximum absolute atomic E-state index is 13.6. The van der Waals surface area contributed by atoms with Gasteiger partial charge in [-0.05, 0) is 30.9 Å². The number of rotatable bonds is 5. The highest BCUT2D eigenvalue weighted by atomic mass is 19.1. The van der Waals surface area contributed by atoms with E-state index in [1.54, 1.807) is 0 Å². The highest BCUT2D eigenvalue weighted by molar-refractivity contribution is 5.62. The van der Waals surface area contributed by atoms with Crippen LogP contribution in [0.5, 0.6) is 0 Å². The van der Waals surface area contributed by atoms with E-state index in [2.05, 4.69) is 5.32 Å². The quantitative estimate of drug-likeness (QED) is 0.642. The summed E-state index contributed by atoms with van der Waals surface area (Å²) in [5.74, 6) is -0.420. The number of para-hydroxylation sites is 1. The van der Waals surface area contributed by atoms with Crippen molar-refractivity contribution >= 4 is 11.4 Å². The minimum atomic E-state index is -0.820. The molecule has 6 heteroatoms. The van der Waals surface area contributed by atoms with Crippen molar-refractivity contribution in [2.24, 2.45) is 11.7 Å². The number of anilines is 1. The van der Waals surface area contributed by atoms with Gasteiger partial charge in [-0.3, -0.25) is 10.1 Å². The van der Waals surface area contributed by atoms with E-state index in [9.17, 15) is 14.5 Å². The number of benzene rings is 1. The predicted molar refractivity (Wildman–Crippen MR) is 76.1 cm³/mol. The van der Waals surface area contributed by atoms with E-state index in [1.165, 1.54) is 18.6 Å². The van der Waals surface area contributed by atoms with Crippen LogP contribution in [0.2, 0.25) is 0 Å². The fourth-order valence-corrected chi connectivity index (χ4v) is 2.92. The number of nitrogens with two attached hydrogens (primary N) is 1. The van der Waals surface area contributed by atoms with Crippen molar-refractivity contribution in [3.8, 4) is 0 Å². The molecule has 0 heterocycles. The van der Waals surface area contributed by atoms with Crippen LogP contribution in [0.3, 0.4) is 0 Å². The lowest BCUT2D eigenvalue weighted by Crippen LogP contribution is -2.37. The van der Waals surface area contributed by atoms with Crippen molar-refractivity contribution < 1.29 is 9.31 Å². The van der Waals surface area contributed by atoms with Gasteiger partial charge in [-0.25, -0.2) is 0 Å². The summed E-state index contributed by atoms with van der Waals surface area (Å²) >= 11 is 0. The van der Waals surface area contributed by atoms with Crippen LogP contribution in [-0.4, -0.2) is 17.5 Å². The first kappa shape index (κ1) is 14.7. The van der Waals surface area contributed by atoms with E-state index in [0.29, 0.717) is 12.5 Å². The minimum absolute atomic E-state index is 0.0456. The average Bonchev–Trinajstić information content (AvgIpc) is 2.45. The predicted octanol–water partition coefficient (Wildman–Crippen LogP) is 3.05. The van der Waals surface area contributed by atoms with Crippen LogP contribution < -0.4 is 11.1 Å². The summed E-state index contributed by atoms with van der Waals surface area (Å²) in [6, 6.07) is 4.06. The van der Waals surface area contributed by atoms with E-state index in [-0.39, 0.29) is 11.7 Å². The molecule has 110 valence electrons. The minimum Gasteiger partial charge on any atom is -0.375 e. The zero-order chi connectivity index (χ0) is 14.5. The van der Waals surface area contributed by atoms with Crippen molar-refractivity contribution in [3.05, 3.63) is 34.1 Å². The molecule has 1 aliphatic carbocycles. The maximum atomic E-state index is 13.6. The van der Waals surface area contributed by atoms with Crippen LogP contribution in [0.15, 0.2) is 18.2 Å². The molecular formula is C14H20FN3O2. The molecule has 0 aromatic heterocycles. The van der Waals surface area contributed by atoms with E-state index in [1.807, 2.05) is 0 Å². The first-order valence-electron chi connectivity index (χ1n) is 7.03. The van der Waals surface area contributed by atoms with Crippen molar-refractivity contribution in [1.29, 1.82) is 0 Å². The van der Waals surface area contributed by atoms with Gasteiger partial charge >= 0.3 is 5.69 Å². The van der Waals surface area contributed by atoms with Gasteiger partial charge in [0.05, 0.1) is 4.92 Å². The molecule has 3 N–H and O–H groups in total. The highest BCUT2D eigenvalue weighted by Gasteiger charge is 2.26. The summed E-state index contributed by atoms with van der Waals surface area (Å²) in [6.07, 6.45) is 5.69. The van der Waals surface area contributed by atoms with Gasteiger partial charge in [0.1, 0.15) is 5.69 Å². The lowest BCUT2D eigenvalue weighted by molar-refractivity contribution is -0.386. The van der Waals surface area contributed by atoms with Crippen LogP contribution >= 0.6 is 0 Å². The van der Waals surface area contributed by atoms with E-state index in [0.717, 1.165) is 31.7 Å². The second kappa shape index (κ2) is 6.65. The molecular weight excluding hydrogens is 261 g/mol. The zero-order valence-corrected chi connectivity index (χ0v) is 11.3. The summed E-state index contributed by atoms with van der Waals surface area (Å²) < 4.78 is 13.6. The van der Waals surface area contributed by atoms with Crippen LogP contribution in [-0.2, 0) is 0 Å². The molecule has 0 spiro atoms. The SMILES string of the molecule is NCC(Nc1cccc(F)c1[N+](=O)[O-])C1CCCCC1. The molecule has 1 unspecified atom stereocenters. The molecule has 1 atom stereocenters. The Kier molecular flexibility index (Phi) is 4.89. The fourth-order valence-electron chi connectivity index (χ4n) is 2.92. The monoisotopic (exact) mass is 281 g/mol. The molecule has 1 aromatic rings. The third kappa shape index (κ3) is 3.25. The molecule has 0 bridgehead atoms. The van der Waals surface area contributed by atoms with Crippen LogP contribution in [0.4, 0.5) is 15.8 Å². The number of nitrogens with one attached hydrogen (secondary N) is 1. The van der Waals surface area contributed by atoms with Crippen molar-refractivity contribution in [2.45, 2.75) is 38.1 Å². The first-order chi connectivity index (χ1) is 9.63. The summed E-state index contributed by atoms with van der Waals surface area (Å²) in [5.41, 5.74) is 5.51. The zero-order valence-electron chi connectivity index (χ0n) is 11.3. The molecule has 20 heavy (non-hydrogen) atoms. The summed E-state index contributed by atoms with van der Waals surface area (Å²) in [7, 11) is 0. The Hall–Kier alpha value is -1.69. The van der Waals surface area contributed by atoms with E-state index >= 15 is 0 Å². The Morgan fingerprint density at radius 3 is 2.70 bits per heavy atom. The largest absolute Gasteiger partial charge is 0.375 e. The third-order valence-electron chi connectivity index (χ3n) is 3.98. The Morgan fingerprint density at radius 2 is 2.10 bits per heavy atom. The normalized spacial score (nSPS) is 17.7. The Balaban J connectivity index is 2.18. The number of nitro benzene ring substituents is 1. The van der Waals surface area contributed by atoms with Crippen molar-refractivity contribution in [3.63, 3.8) is 0 Å². The molecule has 1 fully saturated rings. The van der Waals surface area contributed by atoms with Crippen LogP contribution in [0, 0.1) is 21.8 Å². The Bertz CT molecular complexity index is 475. The van der Waals surface area contributed by atoms with Gasteiger partial charge in [-0.1, -0.05) is 25.3 Å². The molecule has 1 aliphatic rings. The number of nitrogens with zero attached hydrogens (tertiary/aromatic N) is 1. The van der Waals surface area contributed by atoms with Gasteiger partial charge in [-0.15, -0.1) is 0 Å². The lowest BCUT2D eigenvalue weighted by Gasteiger charge is -2.30. The fraction of sp³-hybridized carbons (Fsp3) is 0.571. The summed E-state index contributed by atoms with van der Waals surface area (Å²) in [5, 5.41) is 14.1. The highest BCUT2D eigenvalue weighted by Crippen LogP contribution is 2.32. The second-order valence-electron chi connectivity index (χ2n) is 5.28. The smallest absolute Gasteiger partial charge is 0.327 e. The number of hydrogen-bond acceptors (Lipinski definition) is 4. The molecule has 1 saturated carbocycles. The van der Waals surface area contributed by atoms with E-state index < -0.39 is 16.4 Å². The van der Waals surface area contributed by atoms with Gasteiger partial charge in [0, 0.05) is 12.6 Å². The second-order valence-corrected chi connectivity index (χ2v) is 5.28. The topological polar surface area (TPSA) is 81.2 Å². The molecule has 0 amide bonds. The molecule has 0 saturated heterocycles. The standard InChI is InChI=1S/C14H20FN3O2/c15-11-7-4-8-12(14(11)18(19)20)17-13(9-16)10-5-2-1-3-6-10/h4,7-8,10,13,17H,1-3,5-6,9,16H2. The average molecular weight is 281 g/mol. The van der Waals surface area contributed by atoms with E-state index in [4.69, 9.17) is 5.73 Å². The number of halogens is 1. The van der Waals surface area contributed by atoms with Crippen LogP contribution in [0.1, 0.15) is 32.1 Å². The number of nitro groups is 1. The van der Waals surface area contributed by atoms with Crippen LogP contribution in [0.25, 0.3) is 0 Å². The number of hydrogen-bond donors (Lipinski definition) is 2. The molecule has 5 nitrogen and oxygen atoms in total. The maximum Gasteiger partial charge on any atom is 0.327 e.